The van der Waals surface area contributed by atoms with Crippen molar-refractivity contribution in [1.29, 1.82) is 0 Å². The van der Waals surface area contributed by atoms with Crippen LogP contribution in [0.25, 0.3) is 0 Å². The number of nitrogens with one attached hydrogen (secondary N) is 1. The Kier molecular flexibility index (Phi) is 4.45. The minimum Gasteiger partial charge on any atom is -0.468 e. The standard InChI is InChI=1S/C11H12FNO4/c1-16-10(14)6-13-9-5-7(11(15)17-2)3-4-8(9)12/h3-5,13H,6H2,1-2H3. The molecule has 0 atom stereocenters. The first-order valence-corrected chi connectivity index (χ1v) is 4.77. The van der Waals surface area contributed by atoms with Gasteiger partial charge in [-0.25, -0.2) is 9.18 Å². The van der Waals surface area contributed by atoms with Crippen LogP contribution in [0.1, 0.15) is 10.4 Å². The molecule has 0 radical (unpaired) electrons. The number of ether oxygens (including phenoxy) is 2. The third kappa shape index (κ3) is 3.44. The smallest absolute Gasteiger partial charge is 0.337 e. The predicted molar refractivity (Wildman–Crippen MR) is 58.2 cm³/mol. The van der Waals surface area contributed by atoms with Gasteiger partial charge in [0.05, 0.1) is 25.5 Å². The van der Waals surface area contributed by atoms with Crippen molar-refractivity contribution in [3.8, 4) is 0 Å². The van der Waals surface area contributed by atoms with Crippen LogP contribution in [0, 0.1) is 5.82 Å². The molecule has 0 aliphatic carbocycles. The van der Waals surface area contributed by atoms with Crippen molar-refractivity contribution in [2.24, 2.45) is 0 Å². The number of anilines is 1. The molecule has 0 aromatic heterocycles. The van der Waals surface area contributed by atoms with Crippen molar-refractivity contribution < 1.29 is 23.5 Å². The lowest BCUT2D eigenvalue weighted by molar-refractivity contribution is -0.138. The van der Waals surface area contributed by atoms with Gasteiger partial charge in [-0.2, -0.15) is 0 Å². The third-order valence-electron chi connectivity index (χ3n) is 2.04. The van der Waals surface area contributed by atoms with Gasteiger partial charge in [0.2, 0.25) is 0 Å². The van der Waals surface area contributed by atoms with Crippen molar-refractivity contribution in [2.75, 3.05) is 26.1 Å². The lowest BCUT2D eigenvalue weighted by Gasteiger charge is -2.07. The highest BCUT2D eigenvalue weighted by Crippen LogP contribution is 2.16. The minimum atomic E-state index is -0.578. The first kappa shape index (κ1) is 13.0. The van der Waals surface area contributed by atoms with Gasteiger partial charge in [0, 0.05) is 0 Å². The van der Waals surface area contributed by atoms with Gasteiger partial charge < -0.3 is 14.8 Å². The van der Waals surface area contributed by atoms with Crippen LogP contribution in [0.3, 0.4) is 0 Å². The fourth-order valence-corrected chi connectivity index (χ4v) is 1.15. The van der Waals surface area contributed by atoms with Crippen LogP contribution in [0.5, 0.6) is 0 Å². The quantitative estimate of drug-likeness (QED) is 0.802. The van der Waals surface area contributed by atoms with Gasteiger partial charge in [-0.3, -0.25) is 4.79 Å². The van der Waals surface area contributed by atoms with E-state index in [9.17, 15) is 14.0 Å². The Hall–Kier alpha value is -2.11. The first-order chi connectivity index (χ1) is 8.08. The maximum absolute atomic E-state index is 13.3. The summed E-state index contributed by atoms with van der Waals surface area (Å²) >= 11 is 0. The van der Waals surface area contributed by atoms with Crippen LogP contribution in [-0.2, 0) is 14.3 Å². The molecule has 1 aromatic carbocycles. The zero-order valence-electron chi connectivity index (χ0n) is 9.45. The largest absolute Gasteiger partial charge is 0.468 e. The van der Waals surface area contributed by atoms with Gasteiger partial charge in [0.15, 0.2) is 0 Å². The van der Waals surface area contributed by atoms with Crippen LogP contribution in [0.4, 0.5) is 10.1 Å². The van der Waals surface area contributed by atoms with E-state index >= 15 is 0 Å². The van der Waals surface area contributed by atoms with Gasteiger partial charge >= 0.3 is 11.9 Å². The van der Waals surface area contributed by atoms with E-state index < -0.39 is 17.8 Å². The average Bonchev–Trinajstić information content (AvgIpc) is 2.36. The molecule has 0 fully saturated rings. The summed E-state index contributed by atoms with van der Waals surface area (Å²) in [5.74, 6) is -1.68. The molecule has 0 saturated heterocycles. The highest BCUT2D eigenvalue weighted by Gasteiger charge is 2.10. The zero-order chi connectivity index (χ0) is 12.8. The van der Waals surface area contributed by atoms with E-state index in [0.29, 0.717) is 0 Å². The molecule has 1 aromatic rings. The average molecular weight is 241 g/mol. The van der Waals surface area contributed by atoms with Crippen molar-refractivity contribution >= 4 is 17.6 Å². The molecule has 92 valence electrons. The minimum absolute atomic E-state index is 0.0401. The molecule has 6 heteroatoms. The molecule has 0 unspecified atom stereocenters. The molecule has 1 N–H and O–H groups in total. The molecule has 0 aliphatic rings. The summed E-state index contributed by atoms with van der Waals surface area (Å²) in [5, 5.41) is 2.53. The number of halogens is 1. The van der Waals surface area contributed by atoms with Crippen LogP contribution < -0.4 is 5.32 Å². The number of hydrogen-bond donors (Lipinski definition) is 1. The number of hydrogen-bond acceptors (Lipinski definition) is 5. The fourth-order valence-electron chi connectivity index (χ4n) is 1.15. The SMILES string of the molecule is COC(=O)CNc1cc(C(=O)OC)ccc1F. The molecule has 0 amide bonds. The van der Waals surface area contributed by atoms with E-state index in [1.165, 1.54) is 26.4 Å². The van der Waals surface area contributed by atoms with Crippen LogP contribution in [0.15, 0.2) is 18.2 Å². The summed E-state index contributed by atoms with van der Waals surface area (Å²) in [5.41, 5.74) is 0.236. The number of carbonyl (C=O) groups is 2. The van der Waals surface area contributed by atoms with E-state index in [0.717, 1.165) is 6.07 Å². The predicted octanol–water partition coefficient (Wildman–Crippen LogP) is 1.20. The van der Waals surface area contributed by atoms with Crippen LogP contribution >= 0.6 is 0 Å². The fraction of sp³-hybridized carbons (Fsp3) is 0.273. The van der Waals surface area contributed by atoms with E-state index in [4.69, 9.17) is 0 Å². The number of carbonyl (C=O) groups excluding carboxylic acids is 2. The summed E-state index contributed by atoms with van der Waals surface area (Å²) in [6.07, 6.45) is 0. The summed E-state index contributed by atoms with van der Waals surface area (Å²) in [6, 6.07) is 3.68. The second-order valence-corrected chi connectivity index (χ2v) is 3.12. The molecular weight excluding hydrogens is 229 g/mol. The maximum Gasteiger partial charge on any atom is 0.337 e. The molecule has 0 saturated carbocycles. The monoisotopic (exact) mass is 241 g/mol. The van der Waals surface area contributed by atoms with E-state index in [1.54, 1.807) is 0 Å². The summed E-state index contributed by atoms with van der Waals surface area (Å²) in [7, 11) is 2.46. The van der Waals surface area contributed by atoms with Crippen molar-refractivity contribution in [3.05, 3.63) is 29.6 Å². The van der Waals surface area contributed by atoms with E-state index in [1.807, 2.05) is 0 Å². The van der Waals surface area contributed by atoms with Gasteiger partial charge in [0.25, 0.3) is 0 Å². The Balaban J connectivity index is 2.83. The molecular formula is C11H12FNO4. The van der Waals surface area contributed by atoms with Gasteiger partial charge in [-0.05, 0) is 18.2 Å². The summed E-state index contributed by atoms with van der Waals surface area (Å²) in [6.45, 7) is -0.182. The highest BCUT2D eigenvalue weighted by molar-refractivity contribution is 5.90. The molecule has 0 aliphatic heterocycles. The number of methoxy groups -OCH3 is 2. The van der Waals surface area contributed by atoms with Gasteiger partial charge in [-0.1, -0.05) is 0 Å². The van der Waals surface area contributed by atoms with E-state index in [-0.39, 0.29) is 17.8 Å². The second-order valence-electron chi connectivity index (χ2n) is 3.12. The van der Waals surface area contributed by atoms with Crippen LogP contribution in [0.2, 0.25) is 0 Å². The molecule has 5 nitrogen and oxygen atoms in total. The molecule has 1 rings (SSSR count). The molecule has 0 heterocycles. The lowest BCUT2D eigenvalue weighted by Crippen LogP contribution is -2.16. The normalized spacial score (nSPS) is 9.59. The van der Waals surface area contributed by atoms with Gasteiger partial charge in [-0.15, -0.1) is 0 Å². The Bertz CT molecular complexity index is 433. The van der Waals surface area contributed by atoms with E-state index in [2.05, 4.69) is 14.8 Å². The summed E-state index contributed by atoms with van der Waals surface area (Å²) < 4.78 is 22.2. The number of rotatable bonds is 4. The number of benzene rings is 1. The molecule has 0 spiro atoms. The van der Waals surface area contributed by atoms with Crippen molar-refractivity contribution in [2.45, 2.75) is 0 Å². The first-order valence-electron chi connectivity index (χ1n) is 4.77. The number of esters is 2. The maximum atomic E-state index is 13.3. The molecule has 0 bridgehead atoms. The van der Waals surface area contributed by atoms with Gasteiger partial charge in [0.1, 0.15) is 12.4 Å². The van der Waals surface area contributed by atoms with Crippen molar-refractivity contribution in [3.63, 3.8) is 0 Å². The Morgan fingerprint density at radius 2 is 2.00 bits per heavy atom. The van der Waals surface area contributed by atoms with Crippen LogP contribution in [-0.4, -0.2) is 32.7 Å². The zero-order valence-corrected chi connectivity index (χ0v) is 9.45. The Morgan fingerprint density at radius 1 is 1.29 bits per heavy atom. The highest BCUT2D eigenvalue weighted by atomic mass is 19.1. The van der Waals surface area contributed by atoms with Crippen molar-refractivity contribution in [1.82, 2.24) is 0 Å². The molecule has 17 heavy (non-hydrogen) atoms. The lowest BCUT2D eigenvalue weighted by atomic mass is 10.2. The Morgan fingerprint density at radius 3 is 2.59 bits per heavy atom. The third-order valence-corrected chi connectivity index (χ3v) is 2.04. The second kappa shape index (κ2) is 5.83. The Labute approximate surface area is 97.5 Å². The topological polar surface area (TPSA) is 64.6 Å². The summed E-state index contributed by atoms with van der Waals surface area (Å²) in [4.78, 5) is 22.1.